The Morgan fingerprint density at radius 3 is 2.33 bits per heavy atom. The molecule has 0 aliphatic heterocycles. The van der Waals surface area contributed by atoms with E-state index < -0.39 is 0 Å². The molecule has 0 bridgehead atoms. The number of aliphatic hydroxyl groups excluding tert-OH is 2. The number of aliphatic hydroxyl groups is 2. The summed E-state index contributed by atoms with van der Waals surface area (Å²) in [5, 5.41) is 21.6. The summed E-state index contributed by atoms with van der Waals surface area (Å²) in [7, 11) is 0. The van der Waals surface area contributed by atoms with Crippen LogP contribution < -0.4 is 5.32 Å². The smallest absolute Gasteiger partial charge is 0.0791 e. The SMILES string of the molecule is CCN(CC)CC(O)CNC(C)CCO. The fourth-order valence-electron chi connectivity index (χ4n) is 1.48. The summed E-state index contributed by atoms with van der Waals surface area (Å²) in [6.07, 6.45) is 0.406. The average molecular weight is 218 g/mol. The molecular formula is C11H26N2O2. The highest BCUT2D eigenvalue weighted by Gasteiger charge is 2.09. The monoisotopic (exact) mass is 218 g/mol. The Bertz CT molecular complexity index is 141. The Hall–Kier alpha value is -0.160. The van der Waals surface area contributed by atoms with Gasteiger partial charge >= 0.3 is 0 Å². The second-order valence-electron chi connectivity index (χ2n) is 3.96. The third-order valence-corrected chi connectivity index (χ3v) is 2.63. The standard InChI is InChI=1S/C11H26N2O2/c1-4-13(5-2)9-11(15)8-12-10(3)6-7-14/h10-12,14-15H,4-9H2,1-3H3. The van der Waals surface area contributed by atoms with Gasteiger partial charge in [-0.1, -0.05) is 13.8 Å². The molecule has 4 nitrogen and oxygen atoms in total. The normalized spacial score (nSPS) is 15.6. The van der Waals surface area contributed by atoms with E-state index in [9.17, 15) is 5.11 Å². The Balaban J connectivity index is 3.59. The molecule has 2 unspecified atom stereocenters. The van der Waals surface area contributed by atoms with Crippen molar-refractivity contribution in [3.8, 4) is 0 Å². The topological polar surface area (TPSA) is 55.7 Å². The van der Waals surface area contributed by atoms with Gasteiger partial charge in [-0.25, -0.2) is 0 Å². The number of hydrogen-bond donors (Lipinski definition) is 3. The van der Waals surface area contributed by atoms with Crippen molar-refractivity contribution in [3.05, 3.63) is 0 Å². The highest BCUT2D eigenvalue weighted by molar-refractivity contribution is 4.68. The molecule has 0 aromatic carbocycles. The lowest BCUT2D eigenvalue weighted by atomic mass is 10.2. The molecule has 0 radical (unpaired) electrons. The molecule has 0 saturated heterocycles. The first-order valence-corrected chi connectivity index (χ1v) is 5.88. The summed E-state index contributed by atoms with van der Waals surface area (Å²) in [6, 6.07) is 0.265. The van der Waals surface area contributed by atoms with Crippen molar-refractivity contribution >= 4 is 0 Å². The highest BCUT2D eigenvalue weighted by Crippen LogP contribution is 1.93. The zero-order valence-electron chi connectivity index (χ0n) is 10.2. The van der Waals surface area contributed by atoms with Crippen LogP contribution in [0.3, 0.4) is 0 Å². The van der Waals surface area contributed by atoms with E-state index in [0.29, 0.717) is 13.1 Å². The largest absolute Gasteiger partial charge is 0.396 e. The van der Waals surface area contributed by atoms with Crippen molar-refractivity contribution in [2.24, 2.45) is 0 Å². The van der Waals surface area contributed by atoms with Crippen LogP contribution in [0.2, 0.25) is 0 Å². The van der Waals surface area contributed by atoms with Crippen molar-refractivity contribution in [1.82, 2.24) is 10.2 Å². The second kappa shape index (κ2) is 9.09. The lowest BCUT2D eigenvalue weighted by Gasteiger charge is -2.23. The van der Waals surface area contributed by atoms with Crippen molar-refractivity contribution in [2.45, 2.75) is 39.3 Å². The van der Waals surface area contributed by atoms with E-state index in [2.05, 4.69) is 24.1 Å². The predicted molar refractivity (Wildman–Crippen MR) is 63.0 cm³/mol. The highest BCUT2D eigenvalue weighted by atomic mass is 16.3. The summed E-state index contributed by atoms with van der Waals surface area (Å²) in [6.45, 7) is 9.65. The van der Waals surface area contributed by atoms with E-state index in [0.717, 1.165) is 19.5 Å². The molecule has 92 valence electrons. The van der Waals surface area contributed by atoms with Crippen LogP contribution in [0.1, 0.15) is 27.2 Å². The quantitative estimate of drug-likeness (QED) is 0.512. The first-order valence-electron chi connectivity index (χ1n) is 5.88. The van der Waals surface area contributed by atoms with E-state index in [1.54, 1.807) is 0 Å². The van der Waals surface area contributed by atoms with Crippen molar-refractivity contribution < 1.29 is 10.2 Å². The second-order valence-corrected chi connectivity index (χ2v) is 3.96. The first kappa shape index (κ1) is 14.8. The van der Waals surface area contributed by atoms with Crippen LogP contribution in [0.15, 0.2) is 0 Å². The van der Waals surface area contributed by atoms with Gasteiger partial charge in [-0.05, 0) is 26.4 Å². The van der Waals surface area contributed by atoms with Gasteiger partial charge in [0.2, 0.25) is 0 Å². The Labute approximate surface area is 93.3 Å². The molecule has 0 spiro atoms. The zero-order chi connectivity index (χ0) is 11.7. The van der Waals surface area contributed by atoms with Crippen LogP contribution in [0.5, 0.6) is 0 Å². The lowest BCUT2D eigenvalue weighted by Crippen LogP contribution is -2.41. The maximum absolute atomic E-state index is 9.73. The van der Waals surface area contributed by atoms with Gasteiger partial charge < -0.3 is 20.4 Å². The van der Waals surface area contributed by atoms with Crippen molar-refractivity contribution in [3.63, 3.8) is 0 Å². The van der Waals surface area contributed by atoms with Crippen molar-refractivity contribution in [1.29, 1.82) is 0 Å². The molecule has 3 N–H and O–H groups in total. The maximum atomic E-state index is 9.73. The Morgan fingerprint density at radius 2 is 1.87 bits per heavy atom. The van der Waals surface area contributed by atoms with Gasteiger partial charge in [0.05, 0.1) is 6.10 Å². The molecule has 0 amide bonds. The van der Waals surface area contributed by atoms with Gasteiger partial charge in [-0.3, -0.25) is 0 Å². The summed E-state index contributed by atoms with van der Waals surface area (Å²) in [5.41, 5.74) is 0. The summed E-state index contributed by atoms with van der Waals surface area (Å²) < 4.78 is 0. The zero-order valence-corrected chi connectivity index (χ0v) is 10.2. The van der Waals surface area contributed by atoms with E-state index in [-0.39, 0.29) is 18.8 Å². The maximum Gasteiger partial charge on any atom is 0.0791 e. The first-order chi connectivity index (χ1) is 7.13. The van der Waals surface area contributed by atoms with Gasteiger partial charge in [-0.2, -0.15) is 0 Å². The van der Waals surface area contributed by atoms with Crippen LogP contribution in [0.4, 0.5) is 0 Å². The molecule has 0 fully saturated rings. The van der Waals surface area contributed by atoms with Crippen LogP contribution in [0.25, 0.3) is 0 Å². The fourth-order valence-corrected chi connectivity index (χ4v) is 1.48. The summed E-state index contributed by atoms with van der Waals surface area (Å²) >= 11 is 0. The molecule has 15 heavy (non-hydrogen) atoms. The van der Waals surface area contributed by atoms with E-state index in [4.69, 9.17) is 5.11 Å². The molecule has 0 rings (SSSR count). The third-order valence-electron chi connectivity index (χ3n) is 2.63. The molecule has 0 aromatic rings. The summed E-state index contributed by atoms with van der Waals surface area (Å²) in [5.74, 6) is 0. The molecule has 0 aliphatic rings. The van der Waals surface area contributed by atoms with Gasteiger partial charge in [0.1, 0.15) is 0 Å². The molecule has 0 aromatic heterocycles. The minimum absolute atomic E-state index is 0.195. The number of nitrogens with one attached hydrogen (secondary N) is 1. The van der Waals surface area contributed by atoms with Crippen LogP contribution in [-0.2, 0) is 0 Å². The molecule has 0 saturated carbocycles. The van der Waals surface area contributed by atoms with Gasteiger partial charge in [0.15, 0.2) is 0 Å². The number of nitrogens with zero attached hydrogens (tertiary/aromatic N) is 1. The van der Waals surface area contributed by atoms with E-state index in [1.807, 2.05) is 6.92 Å². The lowest BCUT2D eigenvalue weighted by molar-refractivity contribution is 0.113. The van der Waals surface area contributed by atoms with Crippen LogP contribution in [0, 0.1) is 0 Å². The fraction of sp³-hybridized carbons (Fsp3) is 1.00. The van der Waals surface area contributed by atoms with Gasteiger partial charge in [0.25, 0.3) is 0 Å². The number of likely N-dealkylation sites (N-methyl/N-ethyl adjacent to an activating group) is 1. The minimum atomic E-state index is -0.328. The van der Waals surface area contributed by atoms with Crippen LogP contribution >= 0.6 is 0 Å². The van der Waals surface area contributed by atoms with E-state index >= 15 is 0 Å². The average Bonchev–Trinajstić information content (AvgIpc) is 2.23. The van der Waals surface area contributed by atoms with E-state index in [1.165, 1.54) is 0 Å². The van der Waals surface area contributed by atoms with Crippen molar-refractivity contribution in [2.75, 3.05) is 32.8 Å². The molecule has 0 heterocycles. The molecule has 4 heteroatoms. The predicted octanol–water partition coefficient (Wildman–Crippen LogP) is 0.0496. The van der Waals surface area contributed by atoms with Gasteiger partial charge in [-0.15, -0.1) is 0 Å². The summed E-state index contributed by atoms with van der Waals surface area (Å²) in [4.78, 5) is 2.20. The third kappa shape index (κ3) is 7.73. The molecule has 0 aliphatic carbocycles. The number of hydrogen-bond acceptors (Lipinski definition) is 4. The molecule has 2 atom stereocenters. The molecular weight excluding hydrogens is 192 g/mol. The van der Waals surface area contributed by atoms with Gasteiger partial charge in [0, 0.05) is 25.7 Å². The number of rotatable bonds is 9. The van der Waals surface area contributed by atoms with Crippen LogP contribution in [-0.4, -0.2) is 60.0 Å². The Morgan fingerprint density at radius 1 is 1.27 bits per heavy atom. The minimum Gasteiger partial charge on any atom is -0.396 e. The Kier molecular flexibility index (Phi) is 9.00.